The van der Waals surface area contributed by atoms with Crippen LogP contribution in [0.2, 0.25) is 0 Å². The maximum Gasteiger partial charge on any atom is 0.0910 e. The lowest BCUT2D eigenvalue weighted by Gasteiger charge is -2.44. The number of hydrogen-bond acceptors (Lipinski definition) is 3. The number of aliphatic hydroxyl groups is 1. The molecule has 1 aliphatic heterocycles. The summed E-state index contributed by atoms with van der Waals surface area (Å²) in [6, 6.07) is 0. The van der Waals surface area contributed by atoms with Crippen molar-refractivity contribution >= 4 is 0 Å². The number of rotatable bonds is 3. The molecule has 3 nitrogen and oxygen atoms in total. The molecule has 1 heterocycles. The SMILES string of the molecule is CC(C)(CO)OC1(C)CNC1. The predicted molar refractivity (Wildman–Crippen MR) is 43.5 cm³/mol. The summed E-state index contributed by atoms with van der Waals surface area (Å²) in [6.45, 7) is 7.70. The van der Waals surface area contributed by atoms with Gasteiger partial charge in [0.15, 0.2) is 0 Å². The molecule has 1 saturated heterocycles. The summed E-state index contributed by atoms with van der Waals surface area (Å²) >= 11 is 0. The monoisotopic (exact) mass is 159 g/mol. The first-order valence-corrected chi connectivity index (χ1v) is 3.99. The smallest absolute Gasteiger partial charge is 0.0910 e. The largest absolute Gasteiger partial charge is 0.393 e. The normalized spacial score (nSPS) is 22.9. The quantitative estimate of drug-likeness (QED) is 0.615. The third-order valence-electron chi connectivity index (χ3n) is 1.90. The van der Waals surface area contributed by atoms with Crippen LogP contribution in [-0.4, -0.2) is 36.0 Å². The number of aliphatic hydroxyl groups excluding tert-OH is 1. The molecule has 0 bridgehead atoms. The van der Waals surface area contributed by atoms with E-state index in [4.69, 9.17) is 9.84 Å². The van der Waals surface area contributed by atoms with Gasteiger partial charge in [-0.1, -0.05) is 0 Å². The van der Waals surface area contributed by atoms with Gasteiger partial charge >= 0.3 is 0 Å². The second-order valence-corrected chi connectivity index (χ2v) is 4.07. The van der Waals surface area contributed by atoms with Crippen molar-refractivity contribution in [3.05, 3.63) is 0 Å². The van der Waals surface area contributed by atoms with Gasteiger partial charge in [-0.15, -0.1) is 0 Å². The molecule has 0 saturated carbocycles. The molecule has 0 aromatic rings. The fourth-order valence-electron chi connectivity index (χ4n) is 1.25. The molecular formula is C8H17NO2. The van der Waals surface area contributed by atoms with E-state index >= 15 is 0 Å². The van der Waals surface area contributed by atoms with Crippen LogP contribution in [0.5, 0.6) is 0 Å². The Morgan fingerprint density at radius 1 is 1.55 bits per heavy atom. The molecule has 66 valence electrons. The van der Waals surface area contributed by atoms with Crippen molar-refractivity contribution in [1.29, 1.82) is 0 Å². The lowest BCUT2D eigenvalue weighted by molar-refractivity contribution is -0.168. The fourth-order valence-corrected chi connectivity index (χ4v) is 1.25. The molecule has 0 amide bonds. The summed E-state index contributed by atoms with van der Waals surface area (Å²) in [5, 5.41) is 12.1. The van der Waals surface area contributed by atoms with Crippen LogP contribution < -0.4 is 5.32 Å². The Labute approximate surface area is 67.7 Å². The van der Waals surface area contributed by atoms with Crippen molar-refractivity contribution in [2.75, 3.05) is 19.7 Å². The maximum atomic E-state index is 8.93. The molecule has 1 fully saturated rings. The molecule has 2 N–H and O–H groups in total. The van der Waals surface area contributed by atoms with E-state index in [0.717, 1.165) is 13.1 Å². The number of nitrogens with one attached hydrogen (secondary N) is 1. The minimum atomic E-state index is -0.406. The third kappa shape index (κ3) is 2.15. The summed E-state index contributed by atoms with van der Waals surface area (Å²) in [5.41, 5.74) is -0.469. The van der Waals surface area contributed by atoms with E-state index in [9.17, 15) is 0 Å². The standard InChI is InChI=1S/C8H17NO2/c1-7(2,6-10)11-8(3)4-9-5-8/h9-10H,4-6H2,1-3H3. The molecule has 1 aliphatic rings. The first-order valence-electron chi connectivity index (χ1n) is 3.99. The van der Waals surface area contributed by atoms with E-state index in [1.807, 2.05) is 13.8 Å². The Hall–Kier alpha value is -0.120. The van der Waals surface area contributed by atoms with Gasteiger partial charge < -0.3 is 15.2 Å². The average molecular weight is 159 g/mol. The second-order valence-electron chi connectivity index (χ2n) is 4.07. The Morgan fingerprint density at radius 3 is 2.36 bits per heavy atom. The zero-order valence-electron chi connectivity index (χ0n) is 7.48. The average Bonchev–Trinajstić information content (AvgIpc) is 1.84. The molecule has 0 aliphatic carbocycles. The summed E-state index contributed by atoms with van der Waals surface area (Å²) in [7, 11) is 0. The summed E-state index contributed by atoms with van der Waals surface area (Å²) in [4.78, 5) is 0. The molecule has 3 heteroatoms. The van der Waals surface area contributed by atoms with Crippen LogP contribution in [0, 0.1) is 0 Å². The Balaban J connectivity index is 2.40. The first-order chi connectivity index (χ1) is 4.97. The summed E-state index contributed by atoms with van der Waals surface area (Å²) < 4.78 is 5.70. The Morgan fingerprint density at radius 2 is 2.09 bits per heavy atom. The van der Waals surface area contributed by atoms with Gasteiger partial charge in [0.25, 0.3) is 0 Å². The molecule has 0 radical (unpaired) electrons. The zero-order chi connectivity index (χ0) is 8.54. The van der Waals surface area contributed by atoms with Crippen molar-refractivity contribution in [2.45, 2.75) is 32.0 Å². The van der Waals surface area contributed by atoms with E-state index in [0.29, 0.717) is 0 Å². The van der Waals surface area contributed by atoms with Crippen LogP contribution in [0.3, 0.4) is 0 Å². The van der Waals surface area contributed by atoms with Crippen LogP contribution in [0.1, 0.15) is 20.8 Å². The fraction of sp³-hybridized carbons (Fsp3) is 1.00. The lowest BCUT2D eigenvalue weighted by atomic mass is 9.98. The Kier molecular flexibility index (Phi) is 2.23. The van der Waals surface area contributed by atoms with E-state index in [-0.39, 0.29) is 12.2 Å². The lowest BCUT2D eigenvalue weighted by Crippen LogP contribution is -2.62. The molecule has 0 aromatic carbocycles. The van der Waals surface area contributed by atoms with E-state index in [1.54, 1.807) is 0 Å². The molecule has 11 heavy (non-hydrogen) atoms. The highest BCUT2D eigenvalue weighted by Gasteiger charge is 2.37. The van der Waals surface area contributed by atoms with Gasteiger partial charge in [0.1, 0.15) is 0 Å². The Bertz CT molecular complexity index is 132. The van der Waals surface area contributed by atoms with Crippen LogP contribution in [0.15, 0.2) is 0 Å². The van der Waals surface area contributed by atoms with Crippen LogP contribution in [0.4, 0.5) is 0 Å². The summed E-state index contributed by atoms with van der Waals surface area (Å²) in [6.07, 6.45) is 0. The first kappa shape index (κ1) is 8.97. The third-order valence-corrected chi connectivity index (χ3v) is 1.90. The minimum Gasteiger partial charge on any atom is -0.393 e. The summed E-state index contributed by atoms with van der Waals surface area (Å²) in [5.74, 6) is 0. The molecule has 0 unspecified atom stereocenters. The van der Waals surface area contributed by atoms with Gasteiger partial charge in [-0.25, -0.2) is 0 Å². The highest BCUT2D eigenvalue weighted by atomic mass is 16.5. The predicted octanol–water partition coefficient (Wildman–Crippen LogP) is 0.136. The van der Waals surface area contributed by atoms with Crippen LogP contribution in [0.25, 0.3) is 0 Å². The van der Waals surface area contributed by atoms with Crippen molar-refractivity contribution in [1.82, 2.24) is 5.32 Å². The van der Waals surface area contributed by atoms with Gasteiger partial charge in [0.2, 0.25) is 0 Å². The highest BCUT2D eigenvalue weighted by molar-refractivity contribution is 4.92. The van der Waals surface area contributed by atoms with E-state index in [2.05, 4.69) is 12.2 Å². The van der Waals surface area contributed by atoms with Crippen LogP contribution in [-0.2, 0) is 4.74 Å². The minimum absolute atomic E-state index is 0.0633. The molecule has 0 aromatic heterocycles. The van der Waals surface area contributed by atoms with E-state index in [1.165, 1.54) is 0 Å². The van der Waals surface area contributed by atoms with Gasteiger partial charge in [-0.3, -0.25) is 0 Å². The van der Waals surface area contributed by atoms with Crippen LogP contribution >= 0.6 is 0 Å². The molecule has 0 spiro atoms. The molecule has 1 rings (SSSR count). The topological polar surface area (TPSA) is 41.5 Å². The number of ether oxygens (including phenoxy) is 1. The van der Waals surface area contributed by atoms with Crippen molar-refractivity contribution < 1.29 is 9.84 Å². The van der Waals surface area contributed by atoms with Crippen molar-refractivity contribution in [3.63, 3.8) is 0 Å². The molecular weight excluding hydrogens is 142 g/mol. The highest BCUT2D eigenvalue weighted by Crippen LogP contribution is 2.23. The zero-order valence-corrected chi connectivity index (χ0v) is 7.48. The number of hydrogen-bond donors (Lipinski definition) is 2. The second kappa shape index (κ2) is 2.73. The molecule has 0 atom stereocenters. The van der Waals surface area contributed by atoms with Gasteiger partial charge in [0.05, 0.1) is 17.8 Å². The van der Waals surface area contributed by atoms with Crippen molar-refractivity contribution in [2.24, 2.45) is 0 Å². The van der Waals surface area contributed by atoms with Gasteiger partial charge in [-0.05, 0) is 20.8 Å². The van der Waals surface area contributed by atoms with Gasteiger partial charge in [-0.2, -0.15) is 0 Å². The van der Waals surface area contributed by atoms with Crippen molar-refractivity contribution in [3.8, 4) is 0 Å². The van der Waals surface area contributed by atoms with E-state index < -0.39 is 5.60 Å². The van der Waals surface area contributed by atoms with Gasteiger partial charge in [0, 0.05) is 13.1 Å². The maximum absolute atomic E-state index is 8.93.